The van der Waals surface area contributed by atoms with Crippen molar-refractivity contribution in [3.8, 4) is 0 Å². The highest BCUT2D eigenvalue weighted by molar-refractivity contribution is 5.83. The fraction of sp³-hybridized carbons (Fsp3) is 0.941. The van der Waals surface area contributed by atoms with Gasteiger partial charge >= 0.3 is 0 Å². The van der Waals surface area contributed by atoms with E-state index < -0.39 is 11.0 Å². The zero-order valence-corrected chi connectivity index (χ0v) is 14.3. The van der Waals surface area contributed by atoms with Gasteiger partial charge in [-0.15, -0.1) is 0 Å². The van der Waals surface area contributed by atoms with Crippen molar-refractivity contribution in [3.63, 3.8) is 0 Å². The highest BCUT2D eigenvalue weighted by Crippen LogP contribution is 2.32. The molecular weight excluding hydrogens is 262 g/mol. The van der Waals surface area contributed by atoms with Gasteiger partial charge in [0, 0.05) is 25.2 Å². The Balaban J connectivity index is 1.84. The van der Waals surface area contributed by atoms with Crippen molar-refractivity contribution >= 4 is 5.91 Å². The first-order chi connectivity index (χ1) is 9.72. The van der Waals surface area contributed by atoms with E-state index in [2.05, 4.69) is 4.90 Å². The Morgan fingerprint density at radius 3 is 2.05 bits per heavy atom. The maximum Gasteiger partial charge on any atom is 0.230 e. The number of hydrogen-bond donors (Lipinski definition) is 1. The summed E-state index contributed by atoms with van der Waals surface area (Å²) in [5, 5.41) is 0. The van der Waals surface area contributed by atoms with E-state index in [1.54, 1.807) is 0 Å². The minimum atomic E-state index is -0.505. The molecule has 0 radical (unpaired) electrons. The van der Waals surface area contributed by atoms with E-state index in [-0.39, 0.29) is 5.91 Å². The molecule has 1 amide bonds. The highest BCUT2D eigenvalue weighted by atomic mass is 16.2. The van der Waals surface area contributed by atoms with E-state index >= 15 is 0 Å². The van der Waals surface area contributed by atoms with Crippen LogP contribution in [-0.4, -0.2) is 54.0 Å². The van der Waals surface area contributed by atoms with E-state index in [0.29, 0.717) is 0 Å². The monoisotopic (exact) mass is 295 g/mol. The zero-order valence-electron chi connectivity index (χ0n) is 14.3. The number of nitrogens with zero attached hydrogens (tertiary/aromatic N) is 2. The molecule has 0 aromatic carbocycles. The topological polar surface area (TPSA) is 49.6 Å². The first kappa shape index (κ1) is 16.8. The van der Waals surface area contributed by atoms with Crippen LogP contribution < -0.4 is 5.73 Å². The lowest BCUT2D eigenvalue weighted by molar-refractivity contribution is -0.145. The summed E-state index contributed by atoms with van der Waals surface area (Å²) >= 11 is 0. The number of amides is 1. The van der Waals surface area contributed by atoms with Crippen LogP contribution in [0.25, 0.3) is 0 Å². The summed E-state index contributed by atoms with van der Waals surface area (Å²) in [5.41, 5.74) is 5.21. The Morgan fingerprint density at radius 2 is 1.57 bits per heavy atom. The summed E-state index contributed by atoms with van der Waals surface area (Å²) in [4.78, 5) is 17.4. The summed E-state index contributed by atoms with van der Waals surface area (Å²) in [7, 11) is 0. The average molecular weight is 295 g/mol. The van der Waals surface area contributed by atoms with Crippen LogP contribution in [0.5, 0.6) is 0 Å². The van der Waals surface area contributed by atoms with Crippen molar-refractivity contribution in [2.75, 3.05) is 32.7 Å². The average Bonchev–Trinajstić information content (AvgIpc) is 2.90. The zero-order chi connectivity index (χ0) is 15.7. The summed E-state index contributed by atoms with van der Waals surface area (Å²) < 4.78 is 0. The Kier molecular flexibility index (Phi) is 4.99. The maximum atomic E-state index is 12.8. The molecule has 0 saturated carbocycles. The molecule has 2 rings (SSSR count). The quantitative estimate of drug-likeness (QED) is 0.864. The normalized spacial score (nSPS) is 22.8. The number of nitrogens with two attached hydrogens (primary N) is 1. The van der Waals surface area contributed by atoms with Gasteiger partial charge in [0.25, 0.3) is 0 Å². The van der Waals surface area contributed by atoms with Gasteiger partial charge in [-0.2, -0.15) is 0 Å². The first-order valence-electron chi connectivity index (χ1n) is 8.52. The number of piperidine rings is 1. The van der Waals surface area contributed by atoms with Crippen molar-refractivity contribution in [3.05, 3.63) is 0 Å². The standard InChI is InChI=1S/C17H33N3O/c1-16(2,17(3,4)18)15(21)20-11-7-14(8-12-20)13-19-9-5-6-10-19/h14H,5-13,18H2,1-4H3. The highest BCUT2D eigenvalue weighted by Gasteiger charge is 2.43. The van der Waals surface area contributed by atoms with Gasteiger partial charge in [-0.05, 0) is 72.4 Å². The second-order valence-electron chi connectivity index (χ2n) is 8.09. The van der Waals surface area contributed by atoms with Crippen LogP contribution in [0.4, 0.5) is 0 Å². The van der Waals surface area contributed by atoms with Crippen LogP contribution in [0.3, 0.4) is 0 Å². The van der Waals surface area contributed by atoms with Crippen molar-refractivity contribution in [1.82, 2.24) is 9.80 Å². The third kappa shape index (κ3) is 3.78. The Labute approximate surface area is 130 Å². The molecule has 2 fully saturated rings. The molecule has 122 valence electrons. The molecule has 2 N–H and O–H groups in total. The maximum absolute atomic E-state index is 12.8. The van der Waals surface area contributed by atoms with Gasteiger partial charge < -0.3 is 15.5 Å². The molecule has 4 nitrogen and oxygen atoms in total. The molecule has 0 aromatic rings. The molecule has 4 heteroatoms. The van der Waals surface area contributed by atoms with Gasteiger partial charge in [-0.3, -0.25) is 4.79 Å². The van der Waals surface area contributed by atoms with Gasteiger partial charge in [0.15, 0.2) is 0 Å². The van der Waals surface area contributed by atoms with Crippen molar-refractivity contribution < 1.29 is 4.79 Å². The van der Waals surface area contributed by atoms with Gasteiger partial charge in [-0.1, -0.05) is 0 Å². The van der Waals surface area contributed by atoms with Gasteiger partial charge in [0.2, 0.25) is 5.91 Å². The van der Waals surface area contributed by atoms with E-state index in [4.69, 9.17) is 5.73 Å². The molecule has 2 saturated heterocycles. The summed E-state index contributed by atoms with van der Waals surface area (Å²) in [5.74, 6) is 0.982. The van der Waals surface area contributed by atoms with Crippen LogP contribution in [0.1, 0.15) is 53.4 Å². The van der Waals surface area contributed by atoms with E-state index in [1.165, 1.54) is 32.5 Å². The lowest BCUT2D eigenvalue weighted by Crippen LogP contribution is -2.57. The Hall–Kier alpha value is -0.610. The smallest absolute Gasteiger partial charge is 0.230 e. The third-order valence-corrected chi connectivity index (χ3v) is 5.76. The van der Waals surface area contributed by atoms with Crippen LogP contribution >= 0.6 is 0 Å². The van der Waals surface area contributed by atoms with E-state index in [0.717, 1.165) is 31.8 Å². The number of rotatable bonds is 4. The van der Waals surface area contributed by atoms with Gasteiger partial charge in [0.1, 0.15) is 0 Å². The molecule has 0 spiro atoms. The fourth-order valence-corrected chi connectivity index (χ4v) is 3.32. The predicted molar refractivity (Wildman–Crippen MR) is 87.0 cm³/mol. The first-order valence-corrected chi connectivity index (χ1v) is 8.52. The number of likely N-dealkylation sites (tertiary alicyclic amines) is 2. The van der Waals surface area contributed by atoms with Gasteiger partial charge in [0.05, 0.1) is 5.41 Å². The molecule has 2 aliphatic heterocycles. The Morgan fingerprint density at radius 1 is 1.05 bits per heavy atom. The minimum absolute atomic E-state index is 0.217. The van der Waals surface area contributed by atoms with Gasteiger partial charge in [-0.25, -0.2) is 0 Å². The molecule has 0 aliphatic carbocycles. The fourth-order valence-electron chi connectivity index (χ4n) is 3.32. The molecule has 21 heavy (non-hydrogen) atoms. The Bertz CT molecular complexity index is 359. The van der Waals surface area contributed by atoms with Crippen LogP contribution in [0.2, 0.25) is 0 Å². The largest absolute Gasteiger partial charge is 0.342 e. The lowest BCUT2D eigenvalue weighted by atomic mass is 9.73. The van der Waals surface area contributed by atoms with Crippen molar-refractivity contribution in [2.24, 2.45) is 17.1 Å². The van der Waals surface area contributed by atoms with Crippen molar-refractivity contribution in [2.45, 2.75) is 58.9 Å². The predicted octanol–water partition coefficient (Wildman–Crippen LogP) is 2.08. The molecular formula is C17H33N3O. The second-order valence-corrected chi connectivity index (χ2v) is 8.09. The van der Waals surface area contributed by atoms with Crippen LogP contribution in [-0.2, 0) is 4.79 Å². The molecule has 2 aliphatic rings. The van der Waals surface area contributed by atoms with E-state index in [9.17, 15) is 4.79 Å². The van der Waals surface area contributed by atoms with E-state index in [1.807, 2.05) is 32.6 Å². The molecule has 0 bridgehead atoms. The number of carbonyl (C=O) groups is 1. The summed E-state index contributed by atoms with van der Waals surface area (Å²) in [6, 6.07) is 0. The number of hydrogen-bond acceptors (Lipinski definition) is 3. The molecule has 2 heterocycles. The number of carbonyl (C=O) groups excluding carboxylic acids is 1. The van der Waals surface area contributed by atoms with Crippen LogP contribution in [0, 0.1) is 11.3 Å². The molecule has 0 atom stereocenters. The lowest BCUT2D eigenvalue weighted by Gasteiger charge is -2.43. The van der Waals surface area contributed by atoms with Crippen LogP contribution in [0.15, 0.2) is 0 Å². The summed E-state index contributed by atoms with van der Waals surface area (Å²) in [6.45, 7) is 13.4. The SMILES string of the molecule is CC(C)(N)C(C)(C)C(=O)N1CCC(CN2CCCC2)CC1. The van der Waals surface area contributed by atoms with Crippen molar-refractivity contribution in [1.29, 1.82) is 0 Å². The molecule has 0 unspecified atom stereocenters. The second kappa shape index (κ2) is 6.25. The third-order valence-electron chi connectivity index (χ3n) is 5.76. The minimum Gasteiger partial charge on any atom is -0.342 e. The molecule has 0 aromatic heterocycles. The summed E-state index contributed by atoms with van der Waals surface area (Å²) in [6.07, 6.45) is 5.00.